The van der Waals surface area contributed by atoms with Gasteiger partial charge in [-0.05, 0) is 25.0 Å². The van der Waals surface area contributed by atoms with Crippen LogP contribution in [-0.4, -0.2) is 15.0 Å². The highest BCUT2D eigenvalue weighted by molar-refractivity contribution is 5.61. The predicted molar refractivity (Wildman–Crippen MR) is 61.7 cm³/mol. The summed E-state index contributed by atoms with van der Waals surface area (Å²) in [5.74, 6) is 1.94. The maximum absolute atomic E-state index is 5.80. The molecule has 0 amide bonds. The second kappa shape index (κ2) is 3.56. The van der Waals surface area contributed by atoms with Crippen LogP contribution >= 0.6 is 0 Å². The van der Waals surface area contributed by atoms with Crippen molar-refractivity contribution < 1.29 is 0 Å². The van der Waals surface area contributed by atoms with Crippen LogP contribution in [0.5, 0.6) is 0 Å². The van der Waals surface area contributed by atoms with Gasteiger partial charge in [-0.2, -0.15) is 0 Å². The normalized spacial score (nSPS) is 15.0. The van der Waals surface area contributed by atoms with Crippen LogP contribution in [0.3, 0.4) is 0 Å². The second-order valence-corrected chi connectivity index (χ2v) is 4.05. The quantitative estimate of drug-likeness (QED) is 0.826. The number of nitrogens with two attached hydrogens (primary N) is 1. The van der Waals surface area contributed by atoms with Crippen molar-refractivity contribution in [2.24, 2.45) is 0 Å². The molecule has 1 aliphatic rings. The van der Waals surface area contributed by atoms with Gasteiger partial charge >= 0.3 is 0 Å². The zero-order chi connectivity index (χ0) is 11.0. The Kier molecular flexibility index (Phi) is 2.06. The fraction of sp³-hybridized carbons (Fsp3) is 0.250. The van der Waals surface area contributed by atoms with Gasteiger partial charge in [0.2, 0.25) is 0 Å². The molecule has 0 spiro atoms. The van der Waals surface area contributed by atoms with Crippen molar-refractivity contribution in [3.63, 3.8) is 0 Å². The molecule has 1 aliphatic carbocycles. The van der Waals surface area contributed by atoms with Crippen LogP contribution in [0.2, 0.25) is 0 Å². The molecule has 0 radical (unpaired) electrons. The van der Waals surface area contributed by atoms with E-state index in [4.69, 9.17) is 5.73 Å². The molecular weight excluding hydrogens is 200 g/mol. The molecule has 0 aromatic carbocycles. The number of pyridine rings is 1. The van der Waals surface area contributed by atoms with Gasteiger partial charge in [0.25, 0.3) is 0 Å². The van der Waals surface area contributed by atoms with Gasteiger partial charge in [0, 0.05) is 29.9 Å². The van der Waals surface area contributed by atoms with Gasteiger partial charge in [-0.1, -0.05) is 0 Å². The van der Waals surface area contributed by atoms with Crippen molar-refractivity contribution in [3.8, 4) is 11.3 Å². The van der Waals surface area contributed by atoms with E-state index in [0.717, 1.165) is 17.1 Å². The second-order valence-electron chi connectivity index (χ2n) is 4.05. The van der Waals surface area contributed by atoms with Gasteiger partial charge in [0.15, 0.2) is 0 Å². The van der Waals surface area contributed by atoms with Crippen molar-refractivity contribution >= 4 is 5.82 Å². The van der Waals surface area contributed by atoms with Crippen LogP contribution in [0, 0.1) is 0 Å². The number of rotatable bonds is 2. The summed E-state index contributed by atoms with van der Waals surface area (Å²) in [4.78, 5) is 12.8. The third kappa shape index (κ3) is 1.74. The highest BCUT2D eigenvalue weighted by Gasteiger charge is 2.27. The van der Waals surface area contributed by atoms with E-state index in [1.165, 1.54) is 12.8 Å². The minimum absolute atomic E-state index is 0.518. The van der Waals surface area contributed by atoms with E-state index in [-0.39, 0.29) is 0 Å². The first-order chi connectivity index (χ1) is 7.83. The monoisotopic (exact) mass is 212 g/mol. The first-order valence-electron chi connectivity index (χ1n) is 5.38. The van der Waals surface area contributed by atoms with E-state index < -0.39 is 0 Å². The highest BCUT2D eigenvalue weighted by Crippen LogP contribution is 2.38. The van der Waals surface area contributed by atoms with Crippen molar-refractivity contribution in [2.75, 3.05) is 5.73 Å². The van der Waals surface area contributed by atoms with Crippen molar-refractivity contribution in [2.45, 2.75) is 18.8 Å². The predicted octanol–water partition coefficient (Wildman–Crippen LogP) is 2.00. The Morgan fingerprint density at radius 3 is 2.56 bits per heavy atom. The molecule has 4 nitrogen and oxygen atoms in total. The topological polar surface area (TPSA) is 64.7 Å². The lowest BCUT2D eigenvalue weighted by molar-refractivity contribution is 0.936. The molecule has 1 fully saturated rings. The van der Waals surface area contributed by atoms with Crippen molar-refractivity contribution in [1.29, 1.82) is 0 Å². The molecular formula is C12H12N4. The first kappa shape index (κ1) is 9.27. The zero-order valence-corrected chi connectivity index (χ0v) is 8.80. The van der Waals surface area contributed by atoms with E-state index in [1.54, 1.807) is 18.5 Å². The Labute approximate surface area is 93.6 Å². The molecule has 0 unspecified atom stereocenters. The molecule has 0 saturated heterocycles. The lowest BCUT2D eigenvalue weighted by Crippen LogP contribution is -1.99. The maximum atomic E-state index is 5.80. The number of nitrogens with zero attached hydrogens (tertiary/aromatic N) is 3. The Bertz CT molecular complexity index is 506. The van der Waals surface area contributed by atoms with Gasteiger partial charge < -0.3 is 5.73 Å². The molecule has 2 aromatic heterocycles. The van der Waals surface area contributed by atoms with Crippen molar-refractivity contribution in [3.05, 3.63) is 36.4 Å². The van der Waals surface area contributed by atoms with E-state index in [9.17, 15) is 0 Å². The lowest BCUT2D eigenvalue weighted by Gasteiger charge is -2.04. The minimum Gasteiger partial charge on any atom is -0.384 e. The molecule has 0 bridgehead atoms. The Morgan fingerprint density at radius 2 is 1.88 bits per heavy atom. The molecule has 2 heterocycles. The molecule has 1 saturated carbocycles. The Morgan fingerprint density at radius 1 is 1.12 bits per heavy atom. The third-order valence-corrected chi connectivity index (χ3v) is 2.68. The van der Waals surface area contributed by atoms with E-state index >= 15 is 0 Å². The molecule has 80 valence electrons. The van der Waals surface area contributed by atoms with E-state index in [1.807, 2.05) is 12.1 Å². The average molecular weight is 212 g/mol. The summed E-state index contributed by atoms with van der Waals surface area (Å²) in [7, 11) is 0. The van der Waals surface area contributed by atoms with E-state index in [2.05, 4.69) is 15.0 Å². The zero-order valence-electron chi connectivity index (χ0n) is 8.80. The number of aromatic nitrogens is 3. The van der Waals surface area contributed by atoms with Crippen LogP contribution < -0.4 is 5.73 Å². The van der Waals surface area contributed by atoms with Gasteiger partial charge in [-0.25, -0.2) is 9.97 Å². The summed E-state index contributed by atoms with van der Waals surface area (Å²) >= 11 is 0. The molecule has 3 rings (SSSR count). The summed E-state index contributed by atoms with van der Waals surface area (Å²) in [6.45, 7) is 0. The number of anilines is 1. The van der Waals surface area contributed by atoms with Crippen molar-refractivity contribution in [1.82, 2.24) is 15.0 Å². The summed E-state index contributed by atoms with van der Waals surface area (Å²) in [5.41, 5.74) is 7.71. The molecule has 2 aromatic rings. The average Bonchev–Trinajstić information content (AvgIpc) is 3.13. The van der Waals surface area contributed by atoms with Crippen LogP contribution in [0.4, 0.5) is 5.82 Å². The molecule has 0 atom stereocenters. The Hall–Kier alpha value is -1.97. The minimum atomic E-state index is 0.518. The summed E-state index contributed by atoms with van der Waals surface area (Å²) in [6, 6.07) is 5.66. The van der Waals surface area contributed by atoms with Crippen LogP contribution in [0.1, 0.15) is 24.6 Å². The summed E-state index contributed by atoms with van der Waals surface area (Å²) in [6.07, 6.45) is 5.87. The fourth-order valence-corrected chi connectivity index (χ4v) is 1.68. The number of hydrogen-bond donors (Lipinski definition) is 1. The standard InChI is InChI=1S/C12H12N4/c13-11-7-10(8-3-5-14-6-4-8)15-12(16-11)9-1-2-9/h3-7,9H,1-2H2,(H2,13,15,16). The van der Waals surface area contributed by atoms with Gasteiger partial charge in [0.05, 0.1) is 5.69 Å². The third-order valence-electron chi connectivity index (χ3n) is 2.68. The fourth-order valence-electron chi connectivity index (χ4n) is 1.68. The van der Waals surface area contributed by atoms with Gasteiger partial charge in [0.1, 0.15) is 11.6 Å². The van der Waals surface area contributed by atoms with Gasteiger partial charge in [-0.3, -0.25) is 4.98 Å². The lowest BCUT2D eigenvalue weighted by atomic mass is 10.2. The van der Waals surface area contributed by atoms with Crippen LogP contribution in [0.25, 0.3) is 11.3 Å². The van der Waals surface area contributed by atoms with Crippen LogP contribution in [-0.2, 0) is 0 Å². The maximum Gasteiger partial charge on any atom is 0.134 e. The van der Waals surface area contributed by atoms with E-state index in [0.29, 0.717) is 11.7 Å². The van der Waals surface area contributed by atoms with Crippen LogP contribution in [0.15, 0.2) is 30.6 Å². The van der Waals surface area contributed by atoms with Gasteiger partial charge in [-0.15, -0.1) is 0 Å². The number of nitrogen functional groups attached to an aromatic ring is 1. The largest absolute Gasteiger partial charge is 0.384 e. The molecule has 16 heavy (non-hydrogen) atoms. The number of hydrogen-bond acceptors (Lipinski definition) is 4. The molecule has 4 heteroatoms. The summed E-state index contributed by atoms with van der Waals surface area (Å²) < 4.78 is 0. The molecule has 0 aliphatic heterocycles. The highest BCUT2D eigenvalue weighted by atomic mass is 15.0. The first-order valence-corrected chi connectivity index (χ1v) is 5.38. The smallest absolute Gasteiger partial charge is 0.134 e. The summed E-state index contributed by atoms with van der Waals surface area (Å²) in [5, 5.41) is 0. The SMILES string of the molecule is Nc1cc(-c2ccncc2)nc(C2CC2)n1. The Balaban J connectivity index is 2.06. The molecule has 2 N–H and O–H groups in total.